The summed E-state index contributed by atoms with van der Waals surface area (Å²) in [5.74, 6) is 1.23. The molecule has 1 fully saturated rings. The molecule has 0 atom stereocenters. The van der Waals surface area contributed by atoms with Crippen LogP contribution in [0.1, 0.15) is 18.7 Å². The Labute approximate surface area is 124 Å². The van der Waals surface area contributed by atoms with Crippen molar-refractivity contribution in [2.75, 3.05) is 5.32 Å². The number of halogens is 1. The second-order valence-corrected chi connectivity index (χ2v) is 5.14. The van der Waals surface area contributed by atoms with Crippen LogP contribution in [0.3, 0.4) is 0 Å². The van der Waals surface area contributed by atoms with E-state index >= 15 is 0 Å². The molecule has 3 aromatic heterocycles. The van der Waals surface area contributed by atoms with E-state index in [-0.39, 0.29) is 17.6 Å². The minimum Gasteiger partial charge on any atom is -0.461 e. The summed E-state index contributed by atoms with van der Waals surface area (Å²) >= 11 is 0. The standard InChI is InChI=1S/C14H12FN5O2/c15-7-11-16-12-6-10(18-14(21)8-3-4-8)17-13(20(12)19-11)9-2-1-5-22-9/h1-2,5-6,8H,3-4,7H2,(H,18,21). The molecular formula is C14H12FN5O2. The van der Waals surface area contributed by atoms with E-state index in [2.05, 4.69) is 20.4 Å². The molecule has 1 saturated carbocycles. The van der Waals surface area contributed by atoms with Crippen molar-refractivity contribution >= 4 is 17.4 Å². The third-order valence-corrected chi connectivity index (χ3v) is 3.43. The summed E-state index contributed by atoms with van der Waals surface area (Å²) in [7, 11) is 0. The van der Waals surface area contributed by atoms with Crippen LogP contribution in [0.15, 0.2) is 28.9 Å². The number of hydrogen-bond acceptors (Lipinski definition) is 5. The van der Waals surface area contributed by atoms with E-state index in [1.54, 1.807) is 18.2 Å². The summed E-state index contributed by atoms with van der Waals surface area (Å²) in [4.78, 5) is 20.3. The van der Waals surface area contributed by atoms with Crippen molar-refractivity contribution in [3.63, 3.8) is 0 Å². The average molecular weight is 301 g/mol. The van der Waals surface area contributed by atoms with E-state index in [4.69, 9.17) is 4.42 Å². The summed E-state index contributed by atoms with van der Waals surface area (Å²) in [5, 5.41) is 6.81. The summed E-state index contributed by atoms with van der Waals surface area (Å²) in [6.45, 7) is -0.775. The topological polar surface area (TPSA) is 85.3 Å². The zero-order chi connectivity index (χ0) is 15.1. The van der Waals surface area contributed by atoms with E-state index < -0.39 is 6.67 Å². The number of aromatic nitrogens is 4. The first kappa shape index (κ1) is 12.9. The van der Waals surface area contributed by atoms with Gasteiger partial charge in [-0.25, -0.2) is 14.4 Å². The van der Waals surface area contributed by atoms with E-state index in [0.29, 0.717) is 23.0 Å². The first-order valence-corrected chi connectivity index (χ1v) is 6.92. The minimum absolute atomic E-state index is 0.0558. The molecule has 0 saturated heterocycles. The Bertz CT molecular complexity index is 838. The molecule has 7 nitrogen and oxygen atoms in total. The predicted molar refractivity (Wildman–Crippen MR) is 74.6 cm³/mol. The minimum atomic E-state index is -0.775. The lowest BCUT2D eigenvalue weighted by Crippen LogP contribution is -2.15. The molecule has 1 aliphatic rings. The molecule has 0 aliphatic heterocycles. The van der Waals surface area contributed by atoms with Crippen molar-refractivity contribution in [3.05, 3.63) is 30.3 Å². The number of nitrogens with zero attached hydrogens (tertiary/aromatic N) is 4. The lowest BCUT2D eigenvalue weighted by Gasteiger charge is -2.06. The number of hydrogen-bond donors (Lipinski definition) is 1. The number of nitrogens with one attached hydrogen (secondary N) is 1. The van der Waals surface area contributed by atoms with Crippen molar-refractivity contribution in [1.82, 2.24) is 19.6 Å². The largest absolute Gasteiger partial charge is 0.461 e. The number of alkyl halides is 1. The SMILES string of the molecule is O=C(Nc1cc2nc(CF)nn2c(-c2ccco2)n1)C1CC1. The summed E-state index contributed by atoms with van der Waals surface area (Å²) in [5.41, 5.74) is 0.403. The quantitative estimate of drug-likeness (QED) is 0.798. The first-order valence-electron chi connectivity index (χ1n) is 6.92. The highest BCUT2D eigenvalue weighted by Crippen LogP contribution is 2.30. The zero-order valence-electron chi connectivity index (χ0n) is 11.5. The van der Waals surface area contributed by atoms with Crippen molar-refractivity contribution in [3.8, 4) is 11.6 Å². The van der Waals surface area contributed by atoms with Crippen LogP contribution in [-0.2, 0) is 11.5 Å². The molecule has 4 rings (SSSR count). The van der Waals surface area contributed by atoms with Gasteiger partial charge in [0, 0.05) is 12.0 Å². The fourth-order valence-electron chi connectivity index (χ4n) is 2.19. The van der Waals surface area contributed by atoms with Gasteiger partial charge >= 0.3 is 0 Å². The number of rotatable bonds is 4. The lowest BCUT2D eigenvalue weighted by atomic mass is 10.3. The van der Waals surface area contributed by atoms with Gasteiger partial charge in [0.1, 0.15) is 5.82 Å². The van der Waals surface area contributed by atoms with Crippen LogP contribution in [0.2, 0.25) is 0 Å². The highest BCUT2D eigenvalue weighted by molar-refractivity contribution is 5.93. The molecule has 1 amide bonds. The number of carbonyl (C=O) groups excluding carboxylic acids is 1. The van der Waals surface area contributed by atoms with Crippen molar-refractivity contribution in [2.24, 2.45) is 5.92 Å². The second kappa shape index (κ2) is 4.90. The second-order valence-electron chi connectivity index (χ2n) is 5.14. The molecular weight excluding hydrogens is 289 g/mol. The number of amides is 1. The number of furan rings is 1. The molecule has 0 spiro atoms. The third kappa shape index (κ3) is 2.22. The molecule has 0 radical (unpaired) electrons. The van der Waals surface area contributed by atoms with Gasteiger partial charge in [0.2, 0.25) is 11.7 Å². The maximum absolute atomic E-state index is 12.8. The summed E-state index contributed by atoms with van der Waals surface area (Å²) in [6, 6.07) is 5.00. The van der Waals surface area contributed by atoms with E-state index in [1.807, 2.05) is 0 Å². The lowest BCUT2D eigenvalue weighted by molar-refractivity contribution is -0.117. The van der Waals surface area contributed by atoms with E-state index in [1.165, 1.54) is 10.8 Å². The normalized spacial score (nSPS) is 14.4. The van der Waals surface area contributed by atoms with E-state index in [9.17, 15) is 9.18 Å². The van der Waals surface area contributed by atoms with Gasteiger partial charge in [-0.05, 0) is 25.0 Å². The molecule has 3 aromatic rings. The van der Waals surface area contributed by atoms with Crippen molar-refractivity contribution in [2.45, 2.75) is 19.5 Å². The average Bonchev–Trinajstić information content (AvgIpc) is 3.08. The van der Waals surface area contributed by atoms with Gasteiger partial charge in [0.05, 0.1) is 6.26 Å². The molecule has 0 bridgehead atoms. The Morgan fingerprint density at radius 3 is 3.00 bits per heavy atom. The molecule has 22 heavy (non-hydrogen) atoms. The monoisotopic (exact) mass is 301 g/mol. The van der Waals surface area contributed by atoms with Crippen LogP contribution >= 0.6 is 0 Å². The third-order valence-electron chi connectivity index (χ3n) is 3.43. The van der Waals surface area contributed by atoms with Gasteiger partial charge in [-0.2, -0.15) is 4.52 Å². The van der Waals surface area contributed by atoms with Crippen LogP contribution in [0.5, 0.6) is 0 Å². The Balaban J connectivity index is 1.82. The van der Waals surface area contributed by atoms with Crippen molar-refractivity contribution < 1.29 is 13.6 Å². The van der Waals surface area contributed by atoms with Crippen LogP contribution in [-0.4, -0.2) is 25.5 Å². The van der Waals surface area contributed by atoms with Crippen LogP contribution in [0.4, 0.5) is 10.2 Å². The van der Waals surface area contributed by atoms with Gasteiger partial charge < -0.3 is 9.73 Å². The molecule has 112 valence electrons. The summed E-state index contributed by atoms with van der Waals surface area (Å²) in [6.07, 6.45) is 3.30. The Morgan fingerprint density at radius 1 is 1.45 bits per heavy atom. The fourth-order valence-corrected chi connectivity index (χ4v) is 2.19. The van der Waals surface area contributed by atoms with Crippen molar-refractivity contribution in [1.29, 1.82) is 0 Å². The Kier molecular flexibility index (Phi) is 2.88. The first-order chi connectivity index (χ1) is 10.7. The number of anilines is 1. The molecule has 3 heterocycles. The summed E-state index contributed by atoms with van der Waals surface area (Å²) < 4.78 is 19.5. The molecule has 8 heteroatoms. The Morgan fingerprint density at radius 2 is 2.32 bits per heavy atom. The molecule has 1 N–H and O–H groups in total. The van der Waals surface area contributed by atoms with Crippen LogP contribution < -0.4 is 5.32 Å². The highest BCUT2D eigenvalue weighted by atomic mass is 19.1. The number of carbonyl (C=O) groups is 1. The zero-order valence-corrected chi connectivity index (χ0v) is 11.5. The van der Waals surface area contributed by atoms with Gasteiger partial charge in [-0.1, -0.05) is 0 Å². The molecule has 0 unspecified atom stereocenters. The molecule has 1 aliphatic carbocycles. The van der Waals surface area contributed by atoms with E-state index in [0.717, 1.165) is 12.8 Å². The Hall–Kier alpha value is -2.77. The smallest absolute Gasteiger partial charge is 0.228 e. The van der Waals surface area contributed by atoms with Gasteiger partial charge in [-0.3, -0.25) is 4.79 Å². The van der Waals surface area contributed by atoms with Gasteiger partial charge in [-0.15, -0.1) is 5.10 Å². The predicted octanol–water partition coefficient (Wildman–Crippen LogP) is 2.20. The van der Waals surface area contributed by atoms with Crippen LogP contribution in [0, 0.1) is 5.92 Å². The molecule has 0 aromatic carbocycles. The maximum Gasteiger partial charge on any atom is 0.228 e. The highest BCUT2D eigenvalue weighted by Gasteiger charge is 2.30. The maximum atomic E-state index is 12.8. The van der Waals surface area contributed by atoms with Gasteiger partial charge in [0.15, 0.2) is 23.9 Å². The number of fused-ring (bicyclic) bond motifs is 1. The fraction of sp³-hybridized carbons (Fsp3) is 0.286. The van der Waals surface area contributed by atoms with Gasteiger partial charge in [0.25, 0.3) is 0 Å². The van der Waals surface area contributed by atoms with Crippen LogP contribution in [0.25, 0.3) is 17.2 Å².